The van der Waals surface area contributed by atoms with Crippen LogP contribution in [0.2, 0.25) is 5.02 Å². The molecule has 164 valence electrons. The summed E-state index contributed by atoms with van der Waals surface area (Å²) in [5, 5.41) is 9.93. The van der Waals surface area contributed by atoms with Crippen LogP contribution in [0.15, 0.2) is 59.2 Å². The van der Waals surface area contributed by atoms with Gasteiger partial charge in [0.05, 0.1) is 18.1 Å². The van der Waals surface area contributed by atoms with E-state index in [4.69, 9.17) is 31.5 Å². The van der Waals surface area contributed by atoms with Crippen LogP contribution in [-0.2, 0) is 16.1 Å². The molecule has 0 radical (unpaired) electrons. The smallest absolute Gasteiger partial charge is 0.205 e. The van der Waals surface area contributed by atoms with Crippen LogP contribution in [0.5, 0.6) is 11.5 Å². The van der Waals surface area contributed by atoms with E-state index >= 15 is 0 Å². The third kappa shape index (κ3) is 3.90. The molecule has 2 aliphatic rings. The molecule has 8 heteroatoms. The SMILES string of the molecule is COc1cc(C2C(C#N)=C(N)OC3=C2C(=O)CCC3)cc(Cl)c1OCc1ccccc1F. The number of hydrogen-bond donors (Lipinski definition) is 1. The Hall–Kier alpha value is -3.50. The standard InChI is InChI=1S/C24H20ClFN2O4/c1-30-20-10-14(9-16(25)23(20)31-12-13-5-2-3-6-17(13)26)21-15(11-27)24(28)32-19-8-4-7-18(29)22(19)21/h2-3,5-6,9-10,21H,4,7-8,12,28H2,1H3. The summed E-state index contributed by atoms with van der Waals surface area (Å²) >= 11 is 6.52. The average Bonchev–Trinajstić information content (AvgIpc) is 2.78. The van der Waals surface area contributed by atoms with Crippen LogP contribution >= 0.6 is 11.6 Å². The third-order valence-corrected chi connectivity index (χ3v) is 5.80. The fourth-order valence-corrected chi connectivity index (χ4v) is 4.28. The zero-order valence-corrected chi connectivity index (χ0v) is 18.0. The van der Waals surface area contributed by atoms with Crippen LogP contribution in [0, 0.1) is 17.1 Å². The Morgan fingerprint density at radius 3 is 2.81 bits per heavy atom. The lowest BCUT2D eigenvalue weighted by Crippen LogP contribution is -2.27. The molecule has 6 nitrogen and oxygen atoms in total. The van der Waals surface area contributed by atoms with Crippen molar-refractivity contribution in [3.8, 4) is 17.6 Å². The largest absolute Gasteiger partial charge is 0.493 e. The minimum absolute atomic E-state index is 0.0269. The molecule has 2 N–H and O–H groups in total. The van der Waals surface area contributed by atoms with Crippen LogP contribution in [0.3, 0.4) is 0 Å². The Morgan fingerprint density at radius 2 is 2.09 bits per heavy atom. The summed E-state index contributed by atoms with van der Waals surface area (Å²) in [6.07, 6.45) is 1.59. The number of nitriles is 1. The number of ether oxygens (including phenoxy) is 3. The van der Waals surface area contributed by atoms with Crippen LogP contribution in [-0.4, -0.2) is 12.9 Å². The van der Waals surface area contributed by atoms with Crippen molar-refractivity contribution in [2.75, 3.05) is 7.11 Å². The second-order valence-electron chi connectivity index (χ2n) is 7.45. The summed E-state index contributed by atoms with van der Waals surface area (Å²) in [6, 6.07) is 11.6. The van der Waals surface area contributed by atoms with Crippen molar-refractivity contribution in [1.82, 2.24) is 0 Å². The molecule has 0 saturated carbocycles. The minimum atomic E-state index is -0.719. The molecular formula is C24H20ClFN2O4. The predicted molar refractivity (Wildman–Crippen MR) is 115 cm³/mol. The van der Waals surface area contributed by atoms with Crippen LogP contribution in [0.4, 0.5) is 4.39 Å². The summed E-state index contributed by atoms with van der Waals surface area (Å²) in [4.78, 5) is 12.7. The number of carbonyl (C=O) groups excluding carboxylic acids is 1. The summed E-state index contributed by atoms with van der Waals surface area (Å²) in [6.45, 7) is -0.0521. The number of carbonyl (C=O) groups is 1. The van der Waals surface area contributed by atoms with Crippen molar-refractivity contribution < 1.29 is 23.4 Å². The lowest BCUT2D eigenvalue weighted by molar-refractivity contribution is -0.116. The van der Waals surface area contributed by atoms with E-state index in [1.165, 1.54) is 13.2 Å². The Balaban J connectivity index is 1.75. The van der Waals surface area contributed by atoms with E-state index in [2.05, 4.69) is 6.07 Å². The van der Waals surface area contributed by atoms with E-state index in [0.29, 0.717) is 41.7 Å². The van der Waals surface area contributed by atoms with Crippen molar-refractivity contribution in [3.05, 3.63) is 81.2 Å². The minimum Gasteiger partial charge on any atom is -0.493 e. The van der Waals surface area contributed by atoms with Gasteiger partial charge < -0.3 is 19.9 Å². The molecule has 1 atom stereocenters. The number of hydrogen-bond acceptors (Lipinski definition) is 6. The number of methoxy groups -OCH3 is 1. The summed E-state index contributed by atoms with van der Waals surface area (Å²) in [5.41, 5.74) is 7.47. The molecular weight excluding hydrogens is 435 g/mol. The molecule has 2 aromatic rings. The van der Waals surface area contributed by atoms with Crippen LogP contribution < -0.4 is 15.2 Å². The van der Waals surface area contributed by atoms with Gasteiger partial charge in [-0.3, -0.25) is 4.79 Å². The average molecular weight is 455 g/mol. The highest BCUT2D eigenvalue weighted by atomic mass is 35.5. The second-order valence-corrected chi connectivity index (χ2v) is 7.86. The third-order valence-electron chi connectivity index (χ3n) is 5.52. The molecule has 1 aliphatic carbocycles. The van der Waals surface area contributed by atoms with Gasteiger partial charge in [-0.2, -0.15) is 5.26 Å². The first-order valence-corrected chi connectivity index (χ1v) is 10.4. The van der Waals surface area contributed by atoms with Gasteiger partial charge >= 0.3 is 0 Å². The first-order chi connectivity index (χ1) is 15.4. The zero-order valence-electron chi connectivity index (χ0n) is 17.3. The highest BCUT2D eigenvalue weighted by Crippen LogP contribution is 2.47. The summed E-state index contributed by atoms with van der Waals surface area (Å²) in [5.74, 6) is -0.228. The Bertz CT molecular complexity index is 1200. The number of Topliss-reactive ketones (excluding diaryl/α,β-unsaturated/α-hetero) is 1. The van der Waals surface area contributed by atoms with Gasteiger partial charge in [0.25, 0.3) is 0 Å². The predicted octanol–water partition coefficient (Wildman–Crippen LogP) is 4.88. The number of nitrogens with two attached hydrogens (primary N) is 1. The van der Waals surface area contributed by atoms with Crippen molar-refractivity contribution in [2.24, 2.45) is 5.73 Å². The van der Waals surface area contributed by atoms with E-state index in [1.807, 2.05) is 0 Å². The van der Waals surface area contributed by atoms with Gasteiger partial charge in [0.2, 0.25) is 5.88 Å². The van der Waals surface area contributed by atoms with Crippen molar-refractivity contribution in [3.63, 3.8) is 0 Å². The van der Waals surface area contributed by atoms with Gasteiger partial charge in [-0.15, -0.1) is 0 Å². The molecule has 1 unspecified atom stereocenters. The first-order valence-electron chi connectivity index (χ1n) is 10.0. The van der Waals surface area contributed by atoms with Crippen molar-refractivity contribution in [1.29, 1.82) is 5.26 Å². The van der Waals surface area contributed by atoms with Crippen LogP contribution in [0.1, 0.15) is 36.3 Å². The molecule has 2 aromatic carbocycles. The monoisotopic (exact) mass is 454 g/mol. The Kier molecular flexibility index (Phi) is 6.06. The van der Waals surface area contributed by atoms with E-state index in [-0.39, 0.29) is 40.4 Å². The molecule has 0 amide bonds. The topological polar surface area (TPSA) is 94.6 Å². The zero-order chi connectivity index (χ0) is 22.8. The molecule has 1 aliphatic heterocycles. The quantitative estimate of drug-likeness (QED) is 0.691. The summed E-state index contributed by atoms with van der Waals surface area (Å²) < 4.78 is 30.8. The van der Waals surface area contributed by atoms with E-state index in [0.717, 1.165) is 0 Å². The molecule has 32 heavy (non-hydrogen) atoms. The molecule has 4 rings (SSSR count). The maximum Gasteiger partial charge on any atom is 0.205 e. The lowest BCUT2D eigenvalue weighted by Gasteiger charge is -2.31. The Labute approximate surface area is 189 Å². The van der Waals surface area contributed by atoms with Gasteiger partial charge in [-0.05, 0) is 30.2 Å². The fraction of sp³-hybridized carbons (Fsp3) is 0.250. The van der Waals surface area contributed by atoms with E-state index in [1.54, 1.807) is 30.3 Å². The van der Waals surface area contributed by atoms with E-state index in [9.17, 15) is 14.4 Å². The molecule has 0 saturated heterocycles. The van der Waals surface area contributed by atoms with Gasteiger partial charge in [0, 0.05) is 24.0 Å². The molecule has 1 heterocycles. The van der Waals surface area contributed by atoms with Crippen molar-refractivity contribution >= 4 is 17.4 Å². The maximum absolute atomic E-state index is 14.0. The number of allylic oxidation sites excluding steroid dienone is 3. The number of benzene rings is 2. The Morgan fingerprint density at radius 1 is 1.31 bits per heavy atom. The number of halogens is 2. The summed E-state index contributed by atoms with van der Waals surface area (Å²) in [7, 11) is 1.45. The van der Waals surface area contributed by atoms with Gasteiger partial charge in [0.15, 0.2) is 17.3 Å². The molecule has 0 spiro atoms. The number of ketones is 1. The highest BCUT2D eigenvalue weighted by Gasteiger charge is 2.38. The lowest BCUT2D eigenvalue weighted by atomic mass is 9.77. The van der Waals surface area contributed by atoms with E-state index < -0.39 is 11.7 Å². The highest BCUT2D eigenvalue weighted by molar-refractivity contribution is 6.32. The molecule has 0 aromatic heterocycles. The maximum atomic E-state index is 14.0. The van der Waals surface area contributed by atoms with Crippen molar-refractivity contribution in [2.45, 2.75) is 31.8 Å². The molecule has 0 bridgehead atoms. The normalized spacial score (nSPS) is 18.1. The van der Waals surface area contributed by atoms with Gasteiger partial charge in [-0.25, -0.2) is 4.39 Å². The second kappa shape index (κ2) is 8.93. The fourth-order valence-electron chi connectivity index (χ4n) is 4.00. The van der Waals surface area contributed by atoms with Crippen LogP contribution in [0.25, 0.3) is 0 Å². The van der Waals surface area contributed by atoms with Gasteiger partial charge in [-0.1, -0.05) is 29.8 Å². The number of rotatable bonds is 5. The first kappa shape index (κ1) is 21.7. The number of nitrogens with zero attached hydrogens (tertiary/aromatic N) is 1. The van der Waals surface area contributed by atoms with Gasteiger partial charge in [0.1, 0.15) is 29.8 Å². The molecule has 0 fully saturated rings.